The van der Waals surface area contributed by atoms with E-state index in [0.29, 0.717) is 12.2 Å². The number of fused-ring (bicyclic) bond motifs is 1. The summed E-state index contributed by atoms with van der Waals surface area (Å²) >= 11 is 1.64. The van der Waals surface area contributed by atoms with Gasteiger partial charge in [0.05, 0.1) is 10.7 Å². The Morgan fingerprint density at radius 3 is 3.00 bits per heavy atom. The predicted molar refractivity (Wildman–Crippen MR) is 102 cm³/mol. The molecule has 1 aliphatic rings. The van der Waals surface area contributed by atoms with Gasteiger partial charge in [-0.25, -0.2) is 4.98 Å². The van der Waals surface area contributed by atoms with E-state index in [1.807, 2.05) is 31.3 Å². The lowest BCUT2D eigenvalue weighted by Gasteiger charge is -2.22. The second-order valence-corrected chi connectivity index (χ2v) is 7.64. The Bertz CT molecular complexity index is 890. The van der Waals surface area contributed by atoms with Crippen molar-refractivity contribution in [3.63, 3.8) is 0 Å². The molecule has 0 unspecified atom stereocenters. The van der Waals surface area contributed by atoms with Gasteiger partial charge in [-0.2, -0.15) is 4.98 Å². The monoisotopic (exact) mass is 351 g/mol. The molecule has 0 spiro atoms. The van der Waals surface area contributed by atoms with E-state index in [-0.39, 0.29) is 6.04 Å². The summed E-state index contributed by atoms with van der Waals surface area (Å²) in [6.07, 6.45) is 5.22. The second-order valence-electron chi connectivity index (χ2n) is 6.63. The molecule has 1 fully saturated rings. The maximum atomic E-state index is 12.8. The van der Waals surface area contributed by atoms with Crippen LogP contribution in [0.2, 0.25) is 0 Å². The molecule has 0 saturated carbocycles. The summed E-state index contributed by atoms with van der Waals surface area (Å²) in [5.74, 6) is 0.324. The molecular weight excluding hydrogens is 330 g/mol. The van der Waals surface area contributed by atoms with Crippen molar-refractivity contribution in [3.8, 4) is 0 Å². The fraction of sp³-hybridized carbons (Fsp3) is 0.350. The number of thiazole rings is 1. The molecule has 2 aromatic heterocycles. The van der Waals surface area contributed by atoms with Crippen molar-refractivity contribution in [3.05, 3.63) is 53.7 Å². The van der Waals surface area contributed by atoms with Crippen molar-refractivity contribution in [2.24, 2.45) is 0 Å². The van der Waals surface area contributed by atoms with Crippen LogP contribution in [0.3, 0.4) is 0 Å². The lowest BCUT2D eigenvalue weighted by atomic mass is 10.0. The summed E-state index contributed by atoms with van der Waals surface area (Å²) in [6.45, 7) is 2.94. The summed E-state index contributed by atoms with van der Waals surface area (Å²) in [5, 5.41) is 0.934. The molecule has 0 radical (unpaired) electrons. The first kappa shape index (κ1) is 16.2. The zero-order valence-corrected chi connectivity index (χ0v) is 15.1. The molecule has 0 N–H and O–H groups in total. The first-order chi connectivity index (χ1) is 12.2. The van der Waals surface area contributed by atoms with E-state index < -0.39 is 0 Å². The van der Waals surface area contributed by atoms with Crippen LogP contribution >= 0.6 is 11.3 Å². The largest absolute Gasteiger partial charge is 0.338 e. The molecule has 5 heteroatoms. The van der Waals surface area contributed by atoms with E-state index in [1.165, 1.54) is 5.56 Å². The van der Waals surface area contributed by atoms with Crippen LogP contribution < -0.4 is 4.90 Å². The van der Waals surface area contributed by atoms with Crippen LogP contribution in [-0.4, -0.2) is 28.3 Å². The highest BCUT2D eigenvalue weighted by molar-refractivity contribution is 7.22. The van der Waals surface area contributed by atoms with Crippen LogP contribution in [0.25, 0.3) is 10.3 Å². The van der Waals surface area contributed by atoms with Gasteiger partial charge >= 0.3 is 0 Å². The molecule has 3 aromatic rings. The molecule has 1 saturated heterocycles. The van der Waals surface area contributed by atoms with E-state index in [4.69, 9.17) is 0 Å². The van der Waals surface area contributed by atoms with Crippen LogP contribution in [0.1, 0.15) is 30.4 Å². The average Bonchev–Trinajstić information content (AvgIpc) is 3.26. The maximum Gasteiger partial charge on any atom is 0.188 e. The minimum Gasteiger partial charge on any atom is -0.338 e. The molecule has 0 amide bonds. The third kappa shape index (κ3) is 3.42. The number of hydrogen-bond acceptors (Lipinski definition) is 5. The van der Waals surface area contributed by atoms with Gasteiger partial charge in [0.2, 0.25) is 0 Å². The van der Waals surface area contributed by atoms with Crippen LogP contribution in [0.15, 0.2) is 42.6 Å². The van der Waals surface area contributed by atoms with Crippen LogP contribution in [0.5, 0.6) is 0 Å². The van der Waals surface area contributed by atoms with Crippen molar-refractivity contribution in [1.29, 1.82) is 0 Å². The molecule has 0 aliphatic carbocycles. The average molecular weight is 351 g/mol. The Labute approximate surface area is 151 Å². The zero-order chi connectivity index (χ0) is 17.2. The Morgan fingerprint density at radius 2 is 2.16 bits per heavy atom. The fourth-order valence-electron chi connectivity index (χ4n) is 3.44. The molecule has 3 heterocycles. The smallest absolute Gasteiger partial charge is 0.188 e. The first-order valence-electron chi connectivity index (χ1n) is 8.77. The van der Waals surface area contributed by atoms with Gasteiger partial charge in [0, 0.05) is 19.2 Å². The number of aromatic nitrogens is 2. The SMILES string of the molecule is Cc1cnc2nc(N3CCC[C@@H]3C(=O)CCc3ccccc3)sc2c1. The predicted octanol–water partition coefficient (Wildman–Crippen LogP) is 4.17. The van der Waals surface area contributed by atoms with Gasteiger partial charge < -0.3 is 4.90 Å². The molecule has 1 aromatic carbocycles. The molecule has 0 bridgehead atoms. The Kier molecular flexibility index (Phi) is 4.49. The van der Waals surface area contributed by atoms with E-state index >= 15 is 0 Å². The van der Waals surface area contributed by atoms with E-state index in [1.54, 1.807) is 11.3 Å². The number of hydrogen-bond donors (Lipinski definition) is 0. The molecule has 1 aliphatic heterocycles. The zero-order valence-electron chi connectivity index (χ0n) is 14.3. The summed E-state index contributed by atoms with van der Waals surface area (Å²) in [4.78, 5) is 24.1. The topological polar surface area (TPSA) is 46.1 Å². The number of benzene rings is 1. The van der Waals surface area contributed by atoms with Crippen molar-refractivity contribution in [2.45, 2.75) is 38.6 Å². The molecule has 25 heavy (non-hydrogen) atoms. The third-order valence-corrected chi connectivity index (χ3v) is 5.77. The number of carbonyl (C=O) groups excluding carboxylic acids is 1. The van der Waals surface area contributed by atoms with Crippen molar-refractivity contribution < 1.29 is 4.79 Å². The van der Waals surface area contributed by atoms with Crippen LogP contribution in [0.4, 0.5) is 5.13 Å². The standard InChI is InChI=1S/C20H21N3OS/c1-14-12-18-19(21-13-14)22-20(25-18)23-11-5-8-16(23)17(24)10-9-15-6-3-2-4-7-15/h2-4,6-7,12-13,16H,5,8-11H2,1H3/t16-/m1/s1. The summed E-state index contributed by atoms with van der Waals surface area (Å²) < 4.78 is 1.09. The van der Waals surface area contributed by atoms with Gasteiger partial charge in [-0.1, -0.05) is 41.7 Å². The van der Waals surface area contributed by atoms with Gasteiger partial charge in [-0.05, 0) is 43.4 Å². The highest BCUT2D eigenvalue weighted by atomic mass is 32.1. The number of anilines is 1. The third-order valence-electron chi connectivity index (χ3n) is 4.75. The number of pyridine rings is 1. The molecule has 128 valence electrons. The van der Waals surface area contributed by atoms with Crippen molar-refractivity contribution >= 4 is 32.6 Å². The molecule has 1 atom stereocenters. The Morgan fingerprint density at radius 1 is 1.32 bits per heavy atom. The number of rotatable bonds is 5. The summed E-state index contributed by atoms with van der Waals surface area (Å²) in [6, 6.07) is 12.3. The highest BCUT2D eigenvalue weighted by Crippen LogP contribution is 2.33. The lowest BCUT2D eigenvalue weighted by Crippen LogP contribution is -2.36. The quantitative estimate of drug-likeness (QED) is 0.692. The van der Waals surface area contributed by atoms with E-state index in [0.717, 1.165) is 46.8 Å². The van der Waals surface area contributed by atoms with Crippen LogP contribution in [0, 0.1) is 6.92 Å². The van der Waals surface area contributed by atoms with Gasteiger partial charge in [0.25, 0.3) is 0 Å². The normalized spacial score (nSPS) is 17.3. The number of ketones is 1. The summed E-state index contributed by atoms with van der Waals surface area (Å²) in [7, 11) is 0. The van der Waals surface area contributed by atoms with Gasteiger partial charge in [0.1, 0.15) is 0 Å². The van der Waals surface area contributed by atoms with E-state index in [2.05, 4.69) is 33.1 Å². The highest BCUT2D eigenvalue weighted by Gasteiger charge is 2.32. The van der Waals surface area contributed by atoms with Crippen molar-refractivity contribution in [1.82, 2.24) is 9.97 Å². The molecule has 4 nitrogen and oxygen atoms in total. The van der Waals surface area contributed by atoms with Gasteiger partial charge in [0.15, 0.2) is 16.6 Å². The fourth-order valence-corrected chi connectivity index (χ4v) is 4.54. The minimum atomic E-state index is -0.0367. The second kappa shape index (κ2) is 6.92. The van der Waals surface area contributed by atoms with Crippen molar-refractivity contribution in [2.75, 3.05) is 11.4 Å². The first-order valence-corrected chi connectivity index (χ1v) is 9.59. The number of nitrogens with zero attached hydrogens (tertiary/aromatic N) is 3. The Hall–Kier alpha value is -2.27. The molecular formula is C20H21N3OS. The minimum absolute atomic E-state index is 0.0367. The van der Waals surface area contributed by atoms with E-state index in [9.17, 15) is 4.79 Å². The number of Topliss-reactive ketones (excluding diaryl/α,β-unsaturated/α-hetero) is 1. The van der Waals surface area contributed by atoms with Gasteiger partial charge in [-0.3, -0.25) is 4.79 Å². The molecule has 4 rings (SSSR count). The maximum absolute atomic E-state index is 12.8. The van der Waals surface area contributed by atoms with Crippen LogP contribution in [-0.2, 0) is 11.2 Å². The lowest BCUT2D eigenvalue weighted by molar-refractivity contribution is -0.120. The summed E-state index contributed by atoms with van der Waals surface area (Å²) in [5.41, 5.74) is 3.15. The van der Waals surface area contributed by atoms with Gasteiger partial charge in [-0.15, -0.1) is 0 Å². The number of carbonyl (C=O) groups is 1. The Balaban J connectivity index is 1.50. The number of aryl methyl sites for hydroxylation is 2.